The highest BCUT2D eigenvalue weighted by atomic mass is 19.2. The predicted octanol–water partition coefficient (Wildman–Crippen LogP) is 5.91. The molecule has 0 aliphatic heterocycles. The molecule has 1 fully saturated rings. The molecular weight excluding hydrogens is 434 g/mol. The van der Waals surface area contributed by atoms with Gasteiger partial charge in [0.15, 0.2) is 46.5 Å². The number of rotatable bonds is 4. The third-order valence-corrected chi connectivity index (χ3v) is 4.85. The van der Waals surface area contributed by atoms with Crippen LogP contribution in [0, 0.1) is 58.2 Å². The summed E-state index contributed by atoms with van der Waals surface area (Å²) in [5.41, 5.74) is -2.72. The minimum Gasteiger partial charge on any atom is -0.375 e. The second-order valence-corrected chi connectivity index (χ2v) is 6.68. The van der Waals surface area contributed by atoms with Gasteiger partial charge in [-0.15, -0.1) is 0 Å². The normalized spacial score (nSPS) is 19.1. The highest BCUT2D eigenvalue weighted by Crippen LogP contribution is 2.33. The Balaban J connectivity index is 1.95. The van der Waals surface area contributed by atoms with Gasteiger partial charge in [0.05, 0.1) is 0 Å². The standard InChI is InChI=1S/C18H12F10N2/c19-7-9(21)13(25)17(14(26)10(7)22)29-5-3-1-2-4-6(5)30-18-15(27)11(23)8(20)12(24)16(18)28/h5-6,29-30H,1-4H2/t5-,6-/m1/s1. The second-order valence-electron chi connectivity index (χ2n) is 6.68. The number of halogens is 10. The number of hydrogen-bond donors (Lipinski definition) is 2. The van der Waals surface area contributed by atoms with Crippen molar-refractivity contribution in [2.45, 2.75) is 37.8 Å². The first-order valence-electron chi connectivity index (χ1n) is 8.62. The largest absolute Gasteiger partial charge is 0.375 e. The van der Waals surface area contributed by atoms with E-state index < -0.39 is 81.6 Å². The lowest BCUT2D eigenvalue weighted by Gasteiger charge is -2.34. The Kier molecular flexibility index (Phi) is 6.04. The fourth-order valence-electron chi connectivity index (χ4n) is 3.31. The topological polar surface area (TPSA) is 24.1 Å². The molecule has 0 heterocycles. The Labute approximate surface area is 162 Å². The molecule has 1 saturated carbocycles. The molecule has 2 nitrogen and oxygen atoms in total. The molecule has 12 heteroatoms. The highest BCUT2D eigenvalue weighted by Gasteiger charge is 2.33. The zero-order chi connectivity index (χ0) is 22.3. The summed E-state index contributed by atoms with van der Waals surface area (Å²) in [6, 6.07) is -2.30. The van der Waals surface area contributed by atoms with Crippen LogP contribution in [0.15, 0.2) is 0 Å². The van der Waals surface area contributed by atoms with Crippen molar-refractivity contribution in [1.82, 2.24) is 0 Å². The molecule has 30 heavy (non-hydrogen) atoms. The van der Waals surface area contributed by atoms with Crippen molar-refractivity contribution >= 4 is 11.4 Å². The minimum absolute atomic E-state index is 0.0482. The Morgan fingerprint density at radius 2 is 0.633 bits per heavy atom. The lowest BCUT2D eigenvalue weighted by molar-refractivity contribution is 0.370. The van der Waals surface area contributed by atoms with E-state index in [1.54, 1.807) is 0 Å². The van der Waals surface area contributed by atoms with Gasteiger partial charge in [-0.05, 0) is 12.8 Å². The lowest BCUT2D eigenvalue weighted by atomic mass is 9.89. The molecule has 0 unspecified atom stereocenters. The Hall–Kier alpha value is -2.66. The van der Waals surface area contributed by atoms with E-state index in [0.29, 0.717) is 12.8 Å². The third kappa shape index (κ3) is 3.63. The molecular formula is C18H12F10N2. The summed E-state index contributed by atoms with van der Waals surface area (Å²) in [6.45, 7) is 0. The van der Waals surface area contributed by atoms with Gasteiger partial charge < -0.3 is 10.6 Å². The Morgan fingerprint density at radius 1 is 0.400 bits per heavy atom. The maximum atomic E-state index is 13.9. The van der Waals surface area contributed by atoms with Gasteiger partial charge in [-0.3, -0.25) is 0 Å². The SMILES string of the molecule is Fc1c(F)c(F)c(N[C@@H]2CCCC[C@H]2Nc2c(F)c(F)c(F)c(F)c2F)c(F)c1F. The van der Waals surface area contributed by atoms with Crippen molar-refractivity contribution in [2.24, 2.45) is 0 Å². The molecule has 1 aliphatic rings. The van der Waals surface area contributed by atoms with Gasteiger partial charge in [0.25, 0.3) is 0 Å². The van der Waals surface area contributed by atoms with Crippen LogP contribution in [0.25, 0.3) is 0 Å². The molecule has 3 rings (SSSR count). The number of benzene rings is 2. The van der Waals surface area contributed by atoms with Crippen LogP contribution in [0.5, 0.6) is 0 Å². The van der Waals surface area contributed by atoms with Gasteiger partial charge in [-0.1, -0.05) is 12.8 Å². The summed E-state index contributed by atoms with van der Waals surface area (Å²) < 4.78 is 136. The van der Waals surface area contributed by atoms with Gasteiger partial charge in [0, 0.05) is 12.1 Å². The molecule has 0 aromatic heterocycles. The van der Waals surface area contributed by atoms with Crippen LogP contribution >= 0.6 is 0 Å². The lowest BCUT2D eigenvalue weighted by Crippen LogP contribution is -2.42. The van der Waals surface area contributed by atoms with Crippen LogP contribution in [0.4, 0.5) is 55.3 Å². The molecule has 2 aromatic rings. The van der Waals surface area contributed by atoms with Gasteiger partial charge in [0.2, 0.25) is 11.6 Å². The van der Waals surface area contributed by atoms with Crippen molar-refractivity contribution < 1.29 is 43.9 Å². The van der Waals surface area contributed by atoms with Crippen LogP contribution in [0.2, 0.25) is 0 Å². The van der Waals surface area contributed by atoms with Crippen molar-refractivity contribution in [3.8, 4) is 0 Å². The zero-order valence-corrected chi connectivity index (χ0v) is 14.8. The smallest absolute Gasteiger partial charge is 0.200 e. The first-order chi connectivity index (χ1) is 14.1. The van der Waals surface area contributed by atoms with Crippen molar-refractivity contribution in [3.05, 3.63) is 58.2 Å². The van der Waals surface area contributed by atoms with Gasteiger partial charge in [0.1, 0.15) is 11.4 Å². The molecule has 0 radical (unpaired) electrons. The molecule has 1 aliphatic carbocycles. The first-order valence-corrected chi connectivity index (χ1v) is 8.62. The number of hydrogen-bond acceptors (Lipinski definition) is 2. The van der Waals surface area contributed by atoms with E-state index >= 15 is 0 Å². The summed E-state index contributed by atoms with van der Waals surface area (Å²) in [5, 5.41) is 4.22. The zero-order valence-electron chi connectivity index (χ0n) is 14.8. The van der Waals surface area contributed by atoms with E-state index in [2.05, 4.69) is 10.6 Å². The average Bonchev–Trinajstić information content (AvgIpc) is 2.75. The third-order valence-electron chi connectivity index (χ3n) is 4.85. The molecule has 0 saturated heterocycles. The molecule has 0 bridgehead atoms. The van der Waals surface area contributed by atoms with Crippen molar-refractivity contribution in [3.63, 3.8) is 0 Å². The van der Waals surface area contributed by atoms with E-state index in [9.17, 15) is 43.9 Å². The Bertz CT molecular complexity index is 856. The van der Waals surface area contributed by atoms with Crippen LogP contribution in [-0.4, -0.2) is 12.1 Å². The quantitative estimate of drug-likeness (QED) is 0.347. The molecule has 2 N–H and O–H groups in total. The summed E-state index contributed by atoms with van der Waals surface area (Å²) in [5.74, 6) is -22.1. The van der Waals surface area contributed by atoms with Gasteiger partial charge >= 0.3 is 0 Å². The fraction of sp³-hybridized carbons (Fsp3) is 0.333. The fourth-order valence-corrected chi connectivity index (χ4v) is 3.31. The second kappa shape index (κ2) is 8.23. The first kappa shape index (κ1) is 22.0. The maximum Gasteiger partial charge on any atom is 0.200 e. The summed E-state index contributed by atoms with van der Waals surface area (Å²) >= 11 is 0. The van der Waals surface area contributed by atoms with Crippen LogP contribution in [-0.2, 0) is 0 Å². The summed E-state index contributed by atoms with van der Waals surface area (Å²) in [7, 11) is 0. The van der Waals surface area contributed by atoms with E-state index in [0.717, 1.165) is 0 Å². The highest BCUT2D eigenvalue weighted by molar-refractivity contribution is 5.52. The molecule has 2 aromatic carbocycles. The molecule has 0 spiro atoms. The van der Waals surface area contributed by atoms with Crippen molar-refractivity contribution in [1.29, 1.82) is 0 Å². The van der Waals surface area contributed by atoms with E-state index in [1.807, 2.05) is 0 Å². The average molecular weight is 446 g/mol. The van der Waals surface area contributed by atoms with Crippen LogP contribution in [0.3, 0.4) is 0 Å². The summed E-state index contributed by atoms with van der Waals surface area (Å²) in [6.07, 6.45) is 0.907. The molecule has 2 atom stereocenters. The number of nitrogens with one attached hydrogen (secondary N) is 2. The number of anilines is 2. The molecule has 164 valence electrons. The van der Waals surface area contributed by atoms with E-state index in [-0.39, 0.29) is 12.8 Å². The predicted molar refractivity (Wildman–Crippen MR) is 85.8 cm³/mol. The van der Waals surface area contributed by atoms with Crippen LogP contribution < -0.4 is 10.6 Å². The van der Waals surface area contributed by atoms with E-state index in [4.69, 9.17) is 0 Å². The minimum atomic E-state index is -2.37. The van der Waals surface area contributed by atoms with Gasteiger partial charge in [-0.2, -0.15) is 0 Å². The maximum absolute atomic E-state index is 13.9. The van der Waals surface area contributed by atoms with Crippen molar-refractivity contribution in [2.75, 3.05) is 10.6 Å². The summed E-state index contributed by atoms with van der Waals surface area (Å²) in [4.78, 5) is 0. The molecule has 0 amide bonds. The van der Waals surface area contributed by atoms with Crippen LogP contribution in [0.1, 0.15) is 25.7 Å². The Morgan fingerprint density at radius 3 is 0.900 bits per heavy atom. The monoisotopic (exact) mass is 446 g/mol. The van der Waals surface area contributed by atoms with Gasteiger partial charge in [-0.25, -0.2) is 43.9 Å². The van der Waals surface area contributed by atoms with E-state index in [1.165, 1.54) is 0 Å².